The third-order valence-electron chi connectivity index (χ3n) is 2.20. The van der Waals surface area contributed by atoms with Crippen LogP contribution in [0.15, 0.2) is 36.7 Å². The first kappa shape index (κ1) is 11.2. The Morgan fingerprint density at radius 3 is 2.53 bits per heavy atom. The lowest BCUT2D eigenvalue weighted by Crippen LogP contribution is -1.95. The molecule has 17 heavy (non-hydrogen) atoms. The van der Waals surface area contributed by atoms with Gasteiger partial charge in [0.15, 0.2) is 11.5 Å². The van der Waals surface area contributed by atoms with Crippen LogP contribution in [0, 0.1) is 0 Å². The molecule has 1 N–H and O–H groups in total. The van der Waals surface area contributed by atoms with Crippen LogP contribution in [0.3, 0.4) is 0 Å². The Balaban J connectivity index is 2.30. The summed E-state index contributed by atoms with van der Waals surface area (Å²) in [5.74, 6) is 1.21. The third kappa shape index (κ3) is 2.63. The molecule has 5 heteroatoms. The number of anilines is 1. The third-order valence-corrected chi connectivity index (χ3v) is 2.20. The van der Waals surface area contributed by atoms with Gasteiger partial charge < -0.3 is 14.8 Å². The van der Waals surface area contributed by atoms with Gasteiger partial charge in [-0.3, -0.25) is 0 Å². The number of ether oxygens (including phenoxy) is 2. The van der Waals surface area contributed by atoms with Crippen molar-refractivity contribution >= 4 is 5.69 Å². The summed E-state index contributed by atoms with van der Waals surface area (Å²) in [4.78, 5) is 7.99. The number of aromatic nitrogens is 2. The van der Waals surface area contributed by atoms with Crippen molar-refractivity contribution < 1.29 is 9.47 Å². The molecule has 0 aliphatic rings. The summed E-state index contributed by atoms with van der Waals surface area (Å²) in [6, 6.07) is 7.57. The number of methoxy groups -OCH3 is 1. The van der Waals surface area contributed by atoms with Gasteiger partial charge in [-0.05, 0) is 18.2 Å². The van der Waals surface area contributed by atoms with Crippen molar-refractivity contribution in [2.75, 3.05) is 19.5 Å². The van der Waals surface area contributed by atoms with E-state index in [0.29, 0.717) is 17.5 Å². The minimum atomic E-state index is 0.291. The molecule has 2 rings (SSSR count). The van der Waals surface area contributed by atoms with Gasteiger partial charge in [0.2, 0.25) is 0 Å². The Morgan fingerprint density at radius 2 is 1.88 bits per heavy atom. The van der Waals surface area contributed by atoms with Gasteiger partial charge in [0.1, 0.15) is 0 Å². The summed E-state index contributed by atoms with van der Waals surface area (Å²) < 4.78 is 10.8. The topological polar surface area (TPSA) is 56.3 Å². The number of nitrogens with zero attached hydrogens (tertiary/aromatic N) is 2. The molecule has 0 bridgehead atoms. The number of benzene rings is 1. The first-order valence-corrected chi connectivity index (χ1v) is 5.14. The van der Waals surface area contributed by atoms with Crippen LogP contribution in [0.4, 0.5) is 5.69 Å². The monoisotopic (exact) mass is 231 g/mol. The van der Waals surface area contributed by atoms with Crippen molar-refractivity contribution in [2.45, 2.75) is 0 Å². The zero-order chi connectivity index (χ0) is 12.1. The van der Waals surface area contributed by atoms with Crippen LogP contribution in [-0.4, -0.2) is 24.1 Å². The molecule has 88 valence electrons. The van der Waals surface area contributed by atoms with Gasteiger partial charge in [0.25, 0.3) is 0 Å². The summed E-state index contributed by atoms with van der Waals surface area (Å²) in [7, 11) is 3.43. The van der Waals surface area contributed by atoms with Gasteiger partial charge in [-0.15, -0.1) is 0 Å². The summed E-state index contributed by atoms with van der Waals surface area (Å²) in [6.07, 6.45) is 3.24. The molecule has 0 spiro atoms. The maximum atomic E-state index is 5.56. The summed E-state index contributed by atoms with van der Waals surface area (Å²) >= 11 is 0. The van der Waals surface area contributed by atoms with Crippen molar-refractivity contribution in [3.63, 3.8) is 0 Å². The fraction of sp³-hybridized carbons (Fsp3) is 0.167. The lowest BCUT2D eigenvalue weighted by molar-refractivity contribution is 0.368. The van der Waals surface area contributed by atoms with Crippen LogP contribution >= 0.6 is 0 Å². The van der Waals surface area contributed by atoms with E-state index < -0.39 is 0 Å². The maximum absolute atomic E-state index is 5.56. The van der Waals surface area contributed by atoms with Crippen molar-refractivity contribution in [2.24, 2.45) is 0 Å². The quantitative estimate of drug-likeness (QED) is 0.875. The first-order valence-electron chi connectivity index (χ1n) is 5.14. The SMILES string of the molecule is CNc1ccc(OC)c(Oc2ncccn2)c1. The van der Waals surface area contributed by atoms with Crippen molar-refractivity contribution in [3.8, 4) is 17.5 Å². The molecule has 0 radical (unpaired) electrons. The minimum Gasteiger partial charge on any atom is -0.493 e. The molecule has 5 nitrogen and oxygen atoms in total. The van der Waals surface area contributed by atoms with Crippen LogP contribution in [-0.2, 0) is 0 Å². The Labute approximate surface area is 99.4 Å². The fourth-order valence-corrected chi connectivity index (χ4v) is 1.35. The zero-order valence-corrected chi connectivity index (χ0v) is 9.68. The number of hydrogen-bond donors (Lipinski definition) is 1. The molecule has 0 aliphatic carbocycles. The van der Waals surface area contributed by atoms with Gasteiger partial charge in [-0.1, -0.05) is 0 Å². The van der Waals surface area contributed by atoms with Crippen LogP contribution in [0.1, 0.15) is 0 Å². The normalized spacial score (nSPS) is 9.76. The Bertz CT molecular complexity index is 488. The molecule has 1 aromatic carbocycles. The van der Waals surface area contributed by atoms with E-state index in [1.54, 1.807) is 25.6 Å². The minimum absolute atomic E-state index is 0.291. The molecule has 0 amide bonds. The van der Waals surface area contributed by atoms with Crippen molar-refractivity contribution in [3.05, 3.63) is 36.7 Å². The summed E-state index contributed by atoms with van der Waals surface area (Å²) in [6.45, 7) is 0. The highest BCUT2D eigenvalue weighted by Gasteiger charge is 2.07. The second-order valence-electron chi connectivity index (χ2n) is 3.25. The largest absolute Gasteiger partial charge is 0.493 e. The van der Waals surface area contributed by atoms with Crippen LogP contribution in [0.25, 0.3) is 0 Å². The van der Waals surface area contributed by atoms with E-state index in [-0.39, 0.29) is 0 Å². The number of nitrogens with one attached hydrogen (secondary N) is 1. The first-order chi connectivity index (χ1) is 8.33. The highest BCUT2D eigenvalue weighted by molar-refractivity contribution is 5.54. The standard InChI is InChI=1S/C12H13N3O2/c1-13-9-4-5-10(16-2)11(8-9)17-12-14-6-3-7-15-12/h3-8,13H,1-2H3. The highest BCUT2D eigenvalue weighted by atomic mass is 16.5. The van der Waals surface area contributed by atoms with Gasteiger partial charge >= 0.3 is 6.01 Å². The van der Waals surface area contributed by atoms with Crippen molar-refractivity contribution in [1.29, 1.82) is 0 Å². The van der Waals surface area contributed by atoms with E-state index >= 15 is 0 Å². The van der Waals surface area contributed by atoms with Gasteiger partial charge in [-0.2, -0.15) is 0 Å². The molecule has 0 saturated heterocycles. The van der Waals surface area contributed by atoms with Crippen LogP contribution in [0.5, 0.6) is 17.5 Å². The molecule has 0 fully saturated rings. The number of hydrogen-bond acceptors (Lipinski definition) is 5. The van der Waals surface area contributed by atoms with Crippen molar-refractivity contribution in [1.82, 2.24) is 9.97 Å². The molecular weight excluding hydrogens is 218 g/mol. The molecule has 0 saturated carbocycles. The fourth-order valence-electron chi connectivity index (χ4n) is 1.35. The van der Waals surface area contributed by atoms with Gasteiger partial charge in [0.05, 0.1) is 7.11 Å². The molecule has 1 heterocycles. The number of rotatable bonds is 4. The molecule has 1 aromatic heterocycles. The maximum Gasteiger partial charge on any atom is 0.321 e. The molecular formula is C12H13N3O2. The average Bonchev–Trinajstić information content (AvgIpc) is 2.40. The van der Waals surface area contributed by atoms with Gasteiger partial charge in [0, 0.05) is 31.2 Å². The predicted molar refractivity (Wildman–Crippen MR) is 64.6 cm³/mol. The lowest BCUT2D eigenvalue weighted by Gasteiger charge is -2.10. The molecule has 0 aliphatic heterocycles. The van der Waals surface area contributed by atoms with E-state index in [2.05, 4.69) is 15.3 Å². The van der Waals surface area contributed by atoms with E-state index in [1.807, 2.05) is 25.2 Å². The molecule has 2 aromatic rings. The highest BCUT2D eigenvalue weighted by Crippen LogP contribution is 2.32. The van der Waals surface area contributed by atoms with Crippen LogP contribution < -0.4 is 14.8 Å². The second kappa shape index (κ2) is 5.16. The van der Waals surface area contributed by atoms with E-state index in [4.69, 9.17) is 9.47 Å². The summed E-state index contributed by atoms with van der Waals surface area (Å²) in [5.41, 5.74) is 0.928. The van der Waals surface area contributed by atoms with Crippen LogP contribution in [0.2, 0.25) is 0 Å². The lowest BCUT2D eigenvalue weighted by atomic mass is 10.3. The Kier molecular flexibility index (Phi) is 3.40. The second-order valence-corrected chi connectivity index (χ2v) is 3.25. The molecule has 0 unspecified atom stereocenters. The van der Waals surface area contributed by atoms with E-state index in [0.717, 1.165) is 5.69 Å². The van der Waals surface area contributed by atoms with Gasteiger partial charge in [-0.25, -0.2) is 9.97 Å². The van der Waals surface area contributed by atoms with E-state index in [1.165, 1.54) is 0 Å². The average molecular weight is 231 g/mol. The summed E-state index contributed by atoms with van der Waals surface area (Å²) in [5, 5.41) is 3.03. The Morgan fingerprint density at radius 1 is 1.12 bits per heavy atom. The smallest absolute Gasteiger partial charge is 0.321 e. The zero-order valence-electron chi connectivity index (χ0n) is 9.68. The molecule has 0 atom stereocenters. The Hall–Kier alpha value is -2.30. The predicted octanol–water partition coefficient (Wildman–Crippen LogP) is 2.32. The van der Waals surface area contributed by atoms with E-state index in [9.17, 15) is 0 Å².